The van der Waals surface area contributed by atoms with Gasteiger partial charge in [0.05, 0.1) is 0 Å². The molecule has 0 bridgehead atoms. The van der Waals surface area contributed by atoms with Gasteiger partial charge in [0, 0.05) is 11.8 Å². The van der Waals surface area contributed by atoms with Gasteiger partial charge in [0.2, 0.25) is 0 Å². The van der Waals surface area contributed by atoms with Crippen LogP contribution in [0.1, 0.15) is 99.3 Å². The van der Waals surface area contributed by atoms with Gasteiger partial charge >= 0.3 is 26.2 Å². The van der Waals surface area contributed by atoms with E-state index in [0.29, 0.717) is 11.8 Å². The Bertz CT molecular complexity index is 844. The average Bonchev–Trinajstić information content (AvgIpc) is 3.45. The topological polar surface area (TPSA) is 0 Å². The zero-order chi connectivity index (χ0) is 22.2. The Morgan fingerprint density at radius 2 is 1.03 bits per heavy atom. The molecular formula is C32H40Cl2Zr. The maximum atomic E-state index is 2.49. The number of hydrogen-bond acceptors (Lipinski definition) is 0. The van der Waals surface area contributed by atoms with Gasteiger partial charge in [0.25, 0.3) is 0 Å². The minimum absolute atomic E-state index is 0. The van der Waals surface area contributed by atoms with Gasteiger partial charge < -0.3 is 37.7 Å². The van der Waals surface area contributed by atoms with Crippen molar-refractivity contribution in [1.29, 1.82) is 0 Å². The first-order valence-corrected chi connectivity index (χ1v) is 13.0. The largest absolute Gasteiger partial charge is 4.00 e. The van der Waals surface area contributed by atoms with Gasteiger partial charge in [-0.15, -0.1) is 0 Å². The van der Waals surface area contributed by atoms with Gasteiger partial charge in [-0.05, 0) is 46.9 Å². The van der Waals surface area contributed by atoms with Gasteiger partial charge in [-0.1, -0.05) is 99.5 Å². The molecule has 0 spiro atoms. The third-order valence-corrected chi connectivity index (χ3v) is 7.66. The zero-order valence-corrected chi connectivity index (χ0v) is 25.3. The molecule has 186 valence electrons. The molecule has 0 saturated heterocycles. The number of allylic oxidation sites excluding steroid dienone is 2. The van der Waals surface area contributed by atoms with Crippen LogP contribution >= 0.6 is 0 Å². The van der Waals surface area contributed by atoms with Crippen molar-refractivity contribution < 1.29 is 51.0 Å². The summed E-state index contributed by atoms with van der Waals surface area (Å²) in [6, 6.07) is 18.1. The van der Waals surface area contributed by atoms with Crippen LogP contribution in [-0.4, -0.2) is 0 Å². The molecule has 0 radical (unpaired) electrons. The smallest absolute Gasteiger partial charge is 1.00 e. The predicted molar refractivity (Wildman–Crippen MR) is 140 cm³/mol. The summed E-state index contributed by atoms with van der Waals surface area (Å²) in [7, 11) is 0. The van der Waals surface area contributed by atoms with Gasteiger partial charge in [0.1, 0.15) is 0 Å². The number of unbranched alkanes of at least 4 members (excludes halogenated alkanes) is 4. The van der Waals surface area contributed by atoms with E-state index in [1.807, 2.05) is 0 Å². The van der Waals surface area contributed by atoms with Crippen LogP contribution in [0.4, 0.5) is 0 Å². The van der Waals surface area contributed by atoms with E-state index in [4.69, 9.17) is 0 Å². The van der Waals surface area contributed by atoms with Crippen molar-refractivity contribution in [3.63, 3.8) is 0 Å². The maximum absolute atomic E-state index is 2.49. The third kappa shape index (κ3) is 8.45. The van der Waals surface area contributed by atoms with Crippen LogP contribution in [0.15, 0.2) is 60.7 Å². The Labute approximate surface area is 246 Å². The first kappa shape index (κ1) is 32.4. The Hall–Kier alpha value is -0.617. The molecule has 2 aliphatic rings. The molecule has 35 heavy (non-hydrogen) atoms. The van der Waals surface area contributed by atoms with Crippen molar-refractivity contribution in [3.05, 3.63) is 95.8 Å². The number of halogens is 2. The van der Waals surface area contributed by atoms with Crippen LogP contribution in [0.25, 0.3) is 12.2 Å². The van der Waals surface area contributed by atoms with Crippen molar-refractivity contribution in [2.75, 3.05) is 0 Å². The van der Waals surface area contributed by atoms with E-state index in [1.54, 1.807) is 11.1 Å². The molecule has 0 nitrogen and oxygen atoms in total. The monoisotopic (exact) mass is 584 g/mol. The molecule has 4 rings (SSSR count). The third-order valence-electron chi connectivity index (χ3n) is 7.66. The molecule has 3 heteroatoms. The summed E-state index contributed by atoms with van der Waals surface area (Å²) in [4.78, 5) is 0. The van der Waals surface area contributed by atoms with E-state index in [0.717, 1.165) is 11.8 Å². The molecule has 0 N–H and O–H groups in total. The zero-order valence-electron chi connectivity index (χ0n) is 21.3. The minimum atomic E-state index is 0. The van der Waals surface area contributed by atoms with Crippen molar-refractivity contribution in [2.24, 2.45) is 11.8 Å². The van der Waals surface area contributed by atoms with E-state index >= 15 is 0 Å². The molecule has 0 saturated carbocycles. The first-order chi connectivity index (χ1) is 15.8. The van der Waals surface area contributed by atoms with Gasteiger partial charge in [-0.2, -0.15) is 25.7 Å². The second-order valence-corrected chi connectivity index (χ2v) is 9.67. The molecule has 4 atom stereocenters. The normalized spacial score (nSPS) is 18.6. The summed E-state index contributed by atoms with van der Waals surface area (Å²) >= 11 is 0. The summed E-state index contributed by atoms with van der Waals surface area (Å²) < 4.78 is 0. The minimum Gasteiger partial charge on any atom is -1.00 e. The van der Waals surface area contributed by atoms with Crippen LogP contribution in [-0.2, 0) is 26.2 Å². The van der Waals surface area contributed by atoms with Crippen LogP contribution in [0.2, 0.25) is 0 Å². The predicted octanol–water partition coefficient (Wildman–Crippen LogP) is 3.41. The second-order valence-electron chi connectivity index (χ2n) is 9.67. The van der Waals surface area contributed by atoms with Crippen molar-refractivity contribution >= 4 is 12.2 Å². The van der Waals surface area contributed by atoms with Gasteiger partial charge in [0.15, 0.2) is 0 Å². The molecule has 0 fully saturated rings. The van der Waals surface area contributed by atoms with Crippen LogP contribution in [0.3, 0.4) is 0 Å². The summed E-state index contributed by atoms with van der Waals surface area (Å²) in [6.07, 6.45) is 24.8. The fourth-order valence-corrected chi connectivity index (χ4v) is 5.88. The molecule has 4 unspecified atom stereocenters. The van der Waals surface area contributed by atoms with Crippen LogP contribution < -0.4 is 24.8 Å². The number of benzene rings is 2. The number of hydrogen-bond donors (Lipinski definition) is 0. The molecule has 0 aliphatic heterocycles. The number of rotatable bonds is 13. The fourth-order valence-electron chi connectivity index (χ4n) is 5.88. The van der Waals surface area contributed by atoms with Crippen molar-refractivity contribution in [2.45, 2.75) is 77.0 Å². The van der Waals surface area contributed by atoms with E-state index in [-0.39, 0.29) is 51.0 Å². The summed E-state index contributed by atoms with van der Waals surface area (Å²) in [5.41, 5.74) is 5.97. The van der Waals surface area contributed by atoms with Crippen LogP contribution in [0, 0.1) is 24.7 Å². The summed E-state index contributed by atoms with van der Waals surface area (Å²) in [5, 5.41) is 0. The Morgan fingerprint density at radius 3 is 1.43 bits per heavy atom. The molecule has 0 heterocycles. The fraction of sp³-hybridized carbons (Fsp3) is 0.438. The second kappa shape index (κ2) is 17.0. The van der Waals surface area contributed by atoms with Gasteiger partial charge in [-0.25, -0.2) is 0 Å². The standard InChI is InChI=1S/C32H40.2ClH.Zr/c1-3-5-7-13-25(31-23-21-27-15-9-11-17-29(27)31)19-20-26(14-8-6-4-2)32-24-22-28-16-10-12-18-30(28)32;;;/h5-6,9-12,15-18,21-26,31-32H,3-4,7-8,13-14,19-20H2,1-2H3;2*1H;/q-2;;;+4/p-2. The van der Waals surface area contributed by atoms with E-state index in [9.17, 15) is 0 Å². The maximum Gasteiger partial charge on any atom is 4.00 e. The molecular weight excluding hydrogens is 546 g/mol. The Morgan fingerprint density at radius 1 is 0.629 bits per heavy atom. The van der Waals surface area contributed by atoms with Crippen molar-refractivity contribution in [3.8, 4) is 0 Å². The first-order valence-electron chi connectivity index (χ1n) is 13.0. The van der Waals surface area contributed by atoms with Gasteiger partial charge in [-0.3, -0.25) is 0 Å². The van der Waals surface area contributed by atoms with Crippen molar-refractivity contribution in [1.82, 2.24) is 0 Å². The average molecular weight is 587 g/mol. The SMILES string of the molecule is CC[CH-]CCC(CCC(CC[CH-]CC)C1C=Cc2ccccc21)C1C=Cc2ccccc21.[Cl-].[Cl-].[Zr+4]. The summed E-state index contributed by atoms with van der Waals surface area (Å²) in [5.74, 6) is 2.64. The molecule has 2 aromatic rings. The molecule has 0 amide bonds. The molecule has 2 aliphatic carbocycles. The van der Waals surface area contributed by atoms with E-state index in [1.165, 1.54) is 62.5 Å². The van der Waals surface area contributed by atoms with E-state index < -0.39 is 0 Å². The Balaban J connectivity index is 0.00000204. The molecule has 0 aromatic heterocycles. The van der Waals surface area contributed by atoms with E-state index in [2.05, 4.69) is 99.5 Å². The number of fused-ring (bicyclic) bond motifs is 2. The molecule has 2 aromatic carbocycles. The Kier molecular flexibility index (Phi) is 15.7. The summed E-state index contributed by atoms with van der Waals surface area (Å²) in [6.45, 7) is 4.54. The van der Waals surface area contributed by atoms with Crippen LogP contribution in [0.5, 0.6) is 0 Å². The quantitative estimate of drug-likeness (QED) is 0.249.